The van der Waals surface area contributed by atoms with E-state index in [1.165, 1.54) is 13.0 Å². The first-order valence-electron chi connectivity index (χ1n) is 10.9. The smallest absolute Gasteiger partial charge is 0.343 e. The Hall–Kier alpha value is -3.16. The molecule has 3 aromatic rings. The summed E-state index contributed by atoms with van der Waals surface area (Å²) < 4.78 is 100. The summed E-state index contributed by atoms with van der Waals surface area (Å²) >= 11 is 0. The Morgan fingerprint density at radius 2 is 1.21 bits per heavy atom. The SMILES string of the molecule is CCOc1ccc(CCc2ccc3c(c2F)C(F)(F)C(F)(F)c2c-3ccc(OCC)c2F)cc1. The average molecular weight is 480 g/mol. The lowest BCUT2D eigenvalue weighted by Crippen LogP contribution is -2.41. The highest BCUT2D eigenvalue weighted by molar-refractivity contribution is 5.77. The number of benzene rings is 3. The van der Waals surface area contributed by atoms with Crippen molar-refractivity contribution < 1.29 is 35.8 Å². The van der Waals surface area contributed by atoms with E-state index in [2.05, 4.69) is 0 Å². The third-order valence-corrected chi connectivity index (χ3v) is 5.86. The van der Waals surface area contributed by atoms with Gasteiger partial charge in [0.05, 0.1) is 24.3 Å². The van der Waals surface area contributed by atoms with Crippen LogP contribution in [0.15, 0.2) is 48.5 Å². The lowest BCUT2D eigenvalue weighted by Gasteiger charge is -2.35. The van der Waals surface area contributed by atoms with Gasteiger partial charge in [-0.3, -0.25) is 0 Å². The fourth-order valence-electron chi connectivity index (χ4n) is 4.21. The molecule has 2 nitrogen and oxygen atoms in total. The van der Waals surface area contributed by atoms with Crippen LogP contribution in [0.25, 0.3) is 11.1 Å². The zero-order valence-corrected chi connectivity index (χ0v) is 18.5. The molecule has 0 unspecified atom stereocenters. The summed E-state index contributed by atoms with van der Waals surface area (Å²) in [5.74, 6) is -12.8. The van der Waals surface area contributed by atoms with E-state index in [0.717, 1.165) is 23.8 Å². The zero-order valence-electron chi connectivity index (χ0n) is 18.5. The van der Waals surface area contributed by atoms with E-state index in [1.807, 2.05) is 6.92 Å². The lowest BCUT2D eigenvalue weighted by molar-refractivity contribution is -0.228. The molecule has 4 rings (SSSR count). The van der Waals surface area contributed by atoms with Gasteiger partial charge in [0.1, 0.15) is 11.6 Å². The molecule has 0 atom stereocenters. The largest absolute Gasteiger partial charge is 0.494 e. The summed E-state index contributed by atoms with van der Waals surface area (Å²) in [4.78, 5) is 0. The van der Waals surface area contributed by atoms with Gasteiger partial charge in [-0.05, 0) is 73.2 Å². The third-order valence-electron chi connectivity index (χ3n) is 5.86. The van der Waals surface area contributed by atoms with E-state index < -0.39 is 51.5 Å². The standard InChI is InChI=1S/C26H22F6O2/c1-3-33-17-10-6-15(7-11-17)5-8-16-9-12-18-19-13-14-20(34-4-2)24(28)22(19)26(31,32)25(29,30)21(18)23(16)27/h6-7,9-14H,3-5,8H2,1-2H3. The van der Waals surface area contributed by atoms with Gasteiger partial charge in [-0.25, -0.2) is 8.78 Å². The first-order valence-corrected chi connectivity index (χ1v) is 10.9. The summed E-state index contributed by atoms with van der Waals surface area (Å²) in [6.07, 6.45) is 0.312. The molecule has 3 aromatic carbocycles. The van der Waals surface area contributed by atoms with Crippen molar-refractivity contribution in [3.05, 3.63) is 82.4 Å². The number of hydrogen-bond donors (Lipinski definition) is 0. The molecule has 0 aliphatic heterocycles. The molecule has 0 spiro atoms. The van der Waals surface area contributed by atoms with Crippen LogP contribution >= 0.6 is 0 Å². The minimum Gasteiger partial charge on any atom is -0.494 e. The minimum absolute atomic E-state index is 0.0131. The first kappa shape index (κ1) is 24.0. The van der Waals surface area contributed by atoms with Crippen LogP contribution in [0.2, 0.25) is 0 Å². The number of ether oxygens (including phenoxy) is 2. The molecule has 0 radical (unpaired) electrons. The molecular formula is C26H22F6O2. The van der Waals surface area contributed by atoms with Gasteiger partial charge in [-0.15, -0.1) is 0 Å². The van der Waals surface area contributed by atoms with Crippen LogP contribution in [-0.4, -0.2) is 13.2 Å². The number of alkyl halides is 4. The Kier molecular flexibility index (Phi) is 6.27. The monoisotopic (exact) mass is 480 g/mol. The molecule has 0 heterocycles. The molecule has 8 heteroatoms. The Bertz CT molecular complexity index is 1200. The highest BCUT2D eigenvalue weighted by Crippen LogP contribution is 2.60. The van der Waals surface area contributed by atoms with Crippen molar-refractivity contribution in [3.8, 4) is 22.6 Å². The van der Waals surface area contributed by atoms with Crippen molar-refractivity contribution in [3.63, 3.8) is 0 Å². The van der Waals surface area contributed by atoms with Crippen molar-refractivity contribution in [1.29, 1.82) is 0 Å². The predicted molar refractivity (Wildman–Crippen MR) is 116 cm³/mol. The van der Waals surface area contributed by atoms with Gasteiger partial charge in [-0.1, -0.05) is 24.3 Å². The van der Waals surface area contributed by atoms with Gasteiger partial charge in [0.25, 0.3) is 0 Å². The molecule has 0 amide bonds. The molecule has 0 aromatic heterocycles. The molecule has 0 fully saturated rings. The van der Waals surface area contributed by atoms with E-state index in [-0.39, 0.29) is 18.6 Å². The predicted octanol–water partition coefficient (Wildman–Crippen LogP) is 7.41. The molecule has 0 bridgehead atoms. The first-order chi connectivity index (χ1) is 16.1. The zero-order chi connectivity index (χ0) is 24.7. The van der Waals surface area contributed by atoms with Crippen molar-refractivity contribution in [2.45, 2.75) is 38.5 Å². The summed E-state index contributed by atoms with van der Waals surface area (Å²) in [5, 5.41) is 0. The van der Waals surface area contributed by atoms with Crippen molar-refractivity contribution in [2.75, 3.05) is 13.2 Å². The second-order valence-corrected chi connectivity index (χ2v) is 7.92. The van der Waals surface area contributed by atoms with Crippen LogP contribution in [0.1, 0.15) is 36.1 Å². The Labute approximate surface area is 193 Å². The molecule has 34 heavy (non-hydrogen) atoms. The van der Waals surface area contributed by atoms with Gasteiger partial charge < -0.3 is 9.47 Å². The number of aryl methyl sites for hydroxylation is 2. The second kappa shape index (κ2) is 8.89. The quantitative estimate of drug-likeness (QED) is 0.328. The fourth-order valence-corrected chi connectivity index (χ4v) is 4.21. The van der Waals surface area contributed by atoms with Gasteiger partial charge >= 0.3 is 11.8 Å². The Morgan fingerprint density at radius 1 is 0.647 bits per heavy atom. The maximum absolute atomic E-state index is 15.3. The molecule has 0 saturated heterocycles. The van der Waals surface area contributed by atoms with Gasteiger partial charge in [-0.2, -0.15) is 17.6 Å². The second-order valence-electron chi connectivity index (χ2n) is 7.92. The normalized spacial score (nSPS) is 15.4. The maximum Gasteiger partial charge on any atom is 0.343 e. The van der Waals surface area contributed by atoms with Gasteiger partial charge in [0.15, 0.2) is 11.6 Å². The molecule has 180 valence electrons. The van der Waals surface area contributed by atoms with E-state index in [1.54, 1.807) is 24.3 Å². The van der Waals surface area contributed by atoms with Crippen molar-refractivity contribution >= 4 is 0 Å². The third kappa shape index (κ3) is 3.79. The molecule has 1 aliphatic rings. The van der Waals surface area contributed by atoms with Crippen LogP contribution in [-0.2, 0) is 24.7 Å². The number of hydrogen-bond acceptors (Lipinski definition) is 2. The highest BCUT2D eigenvalue weighted by atomic mass is 19.3. The van der Waals surface area contributed by atoms with Crippen molar-refractivity contribution in [2.24, 2.45) is 0 Å². The molecular weight excluding hydrogens is 458 g/mol. The molecule has 1 aliphatic carbocycles. The molecule has 0 saturated carbocycles. The van der Waals surface area contributed by atoms with Crippen LogP contribution < -0.4 is 9.47 Å². The van der Waals surface area contributed by atoms with Crippen LogP contribution in [0.4, 0.5) is 26.3 Å². The highest BCUT2D eigenvalue weighted by Gasteiger charge is 2.65. The topological polar surface area (TPSA) is 18.5 Å². The van der Waals surface area contributed by atoms with Gasteiger partial charge in [0.2, 0.25) is 0 Å². The molecule has 0 N–H and O–H groups in total. The fraction of sp³-hybridized carbons (Fsp3) is 0.308. The van der Waals surface area contributed by atoms with E-state index in [9.17, 15) is 13.2 Å². The Morgan fingerprint density at radius 3 is 1.79 bits per heavy atom. The van der Waals surface area contributed by atoms with Crippen LogP contribution in [0, 0.1) is 11.6 Å². The number of fused-ring (bicyclic) bond motifs is 3. The summed E-state index contributed by atoms with van der Waals surface area (Å²) in [7, 11) is 0. The van der Waals surface area contributed by atoms with Crippen LogP contribution in [0.3, 0.4) is 0 Å². The van der Waals surface area contributed by atoms with E-state index >= 15 is 13.2 Å². The lowest BCUT2D eigenvalue weighted by atomic mass is 9.78. The summed E-state index contributed by atoms with van der Waals surface area (Å²) in [6.45, 7) is 3.81. The van der Waals surface area contributed by atoms with Crippen molar-refractivity contribution in [1.82, 2.24) is 0 Å². The Balaban J connectivity index is 1.74. The average Bonchev–Trinajstić information content (AvgIpc) is 2.79. The maximum atomic E-state index is 15.3. The minimum atomic E-state index is -4.97. The number of rotatable bonds is 7. The summed E-state index contributed by atoms with van der Waals surface area (Å²) in [6, 6.07) is 11.6. The van der Waals surface area contributed by atoms with Gasteiger partial charge in [0, 0.05) is 0 Å². The van der Waals surface area contributed by atoms with E-state index in [0.29, 0.717) is 18.8 Å². The number of halogens is 6. The van der Waals surface area contributed by atoms with Crippen LogP contribution in [0.5, 0.6) is 11.5 Å². The van der Waals surface area contributed by atoms with E-state index in [4.69, 9.17) is 9.47 Å². The summed E-state index contributed by atoms with van der Waals surface area (Å²) in [5.41, 5.74) is -3.18.